The lowest BCUT2D eigenvalue weighted by Crippen LogP contribution is -2.27. The Labute approximate surface area is 116 Å². The number of nitrogens with zero attached hydrogens (tertiary/aromatic N) is 1. The van der Waals surface area contributed by atoms with E-state index in [0.29, 0.717) is 6.54 Å². The highest BCUT2D eigenvalue weighted by Gasteiger charge is 2.26. The van der Waals surface area contributed by atoms with Gasteiger partial charge in [0.05, 0.1) is 14.6 Å². The molecule has 2 rings (SSSR count). The van der Waals surface area contributed by atoms with Crippen LogP contribution in [-0.2, 0) is 11.3 Å². The molecule has 1 aromatic rings. The molecule has 0 spiro atoms. The molecule has 0 atom stereocenters. The van der Waals surface area contributed by atoms with E-state index in [0.717, 1.165) is 11.3 Å². The molecule has 1 aliphatic rings. The van der Waals surface area contributed by atoms with Crippen molar-refractivity contribution in [1.82, 2.24) is 4.90 Å². The predicted octanol–water partition coefficient (Wildman–Crippen LogP) is 3.74. The van der Waals surface area contributed by atoms with Gasteiger partial charge in [-0.05, 0) is 18.1 Å². The van der Waals surface area contributed by atoms with Crippen LogP contribution >= 0.6 is 0 Å². The van der Waals surface area contributed by atoms with Crippen LogP contribution in [0.25, 0.3) is 0 Å². The van der Waals surface area contributed by atoms with Gasteiger partial charge in [-0.15, -0.1) is 0 Å². The molecule has 0 aromatic heterocycles. The largest absolute Gasteiger partial charge is 0.305 e. The number of carbonyl (C=O) groups excluding carboxylic acids is 1. The summed E-state index contributed by atoms with van der Waals surface area (Å²) in [5.74, 6) is 0.103. The quantitative estimate of drug-likeness (QED) is 0.767. The van der Waals surface area contributed by atoms with Gasteiger partial charge in [-0.1, -0.05) is 55.7 Å². The molecule has 100 valence electrons. The van der Waals surface area contributed by atoms with Gasteiger partial charge in [-0.2, -0.15) is 0 Å². The zero-order chi connectivity index (χ0) is 14.0. The van der Waals surface area contributed by atoms with Crippen molar-refractivity contribution in [2.75, 3.05) is 0 Å². The summed E-state index contributed by atoms with van der Waals surface area (Å²) in [5, 5.41) is 0. The molecule has 0 radical (unpaired) electrons. The fourth-order valence-electron chi connectivity index (χ4n) is 2.20. The van der Waals surface area contributed by atoms with Crippen LogP contribution in [-0.4, -0.2) is 18.9 Å². The van der Waals surface area contributed by atoms with Crippen LogP contribution < -0.4 is 0 Å². The number of allylic oxidation sites excluding steroid dienone is 1. The first-order valence-corrected chi connectivity index (χ1v) is 10.2. The third kappa shape index (κ3) is 3.44. The minimum atomic E-state index is -1.35. The molecule has 1 amide bonds. The Bertz CT molecular complexity index is 538. The zero-order valence-electron chi connectivity index (χ0n) is 12.1. The maximum Gasteiger partial charge on any atom is 0.251 e. The molecule has 1 heterocycles. The lowest BCUT2D eigenvalue weighted by Gasteiger charge is -2.22. The van der Waals surface area contributed by atoms with E-state index in [2.05, 4.69) is 37.5 Å². The van der Waals surface area contributed by atoms with Gasteiger partial charge in [-0.25, -0.2) is 0 Å². The van der Waals surface area contributed by atoms with Crippen LogP contribution in [0.2, 0.25) is 19.6 Å². The molecule has 0 aliphatic carbocycles. The Morgan fingerprint density at radius 1 is 1.16 bits per heavy atom. The Kier molecular flexibility index (Phi) is 3.76. The second kappa shape index (κ2) is 5.17. The zero-order valence-corrected chi connectivity index (χ0v) is 13.1. The van der Waals surface area contributed by atoms with Crippen molar-refractivity contribution in [3.8, 4) is 0 Å². The van der Waals surface area contributed by atoms with Crippen LogP contribution in [0.5, 0.6) is 0 Å². The van der Waals surface area contributed by atoms with E-state index in [4.69, 9.17) is 0 Å². The fourth-order valence-corrected chi connectivity index (χ4v) is 3.40. The van der Waals surface area contributed by atoms with E-state index in [-0.39, 0.29) is 5.91 Å². The third-order valence-corrected chi connectivity index (χ3v) is 4.19. The van der Waals surface area contributed by atoms with E-state index in [9.17, 15) is 4.79 Å². The summed E-state index contributed by atoms with van der Waals surface area (Å²) in [6, 6.07) is 10.1. The second-order valence-electron chi connectivity index (χ2n) is 6.13. The summed E-state index contributed by atoms with van der Waals surface area (Å²) >= 11 is 0. The molecule has 3 heteroatoms. The average molecular weight is 271 g/mol. The number of hydrogen-bond donors (Lipinski definition) is 0. The first-order valence-electron chi connectivity index (χ1n) is 6.64. The van der Waals surface area contributed by atoms with Gasteiger partial charge < -0.3 is 4.90 Å². The summed E-state index contributed by atoms with van der Waals surface area (Å²) in [6.07, 6.45) is 1.74. The molecule has 0 saturated heterocycles. The summed E-state index contributed by atoms with van der Waals surface area (Å²) in [5.41, 5.74) is 5.67. The third-order valence-electron chi connectivity index (χ3n) is 3.05. The van der Waals surface area contributed by atoms with E-state index >= 15 is 0 Å². The van der Waals surface area contributed by atoms with Crippen molar-refractivity contribution >= 4 is 14.0 Å². The van der Waals surface area contributed by atoms with Crippen LogP contribution in [0.15, 0.2) is 53.4 Å². The predicted molar refractivity (Wildman–Crippen MR) is 82.2 cm³/mol. The van der Waals surface area contributed by atoms with Crippen molar-refractivity contribution in [3.63, 3.8) is 0 Å². The monoisotopic (exact) mass is 271 g/mol. The molecular formula is C16H21NOSi. The number of hydrogen-bond acceptors (Lipinski definition) is 1. The molecule has 0 saturated carbocycles. The molecule has 2 nitrogen and oxygen atoms in total. The van der Waals surface area contributed by atoms with Crippen molar-refractivity contribution in [3.05, 3.63) is 58.9 Å². The number of amides is 1. The first kappa shape index (κ1) is 13.8. The Balaban J connectivity index is 2.28. The lowest BCUT2D eigenvalue weighted by molar-refractivity contribution is -0.123. The highest BCUT2D eigenvalue weighted by molar-refractivity contribution is 6.81. The van der Waals surface area contributed by atoms with Gasteiger partial charge in [0.15, 0.2) is 0 Å². The molecule has 1 aromatic carbocycles. The highest BCUT2D eigenvalue weighted by atomic mass is 28.3. The molecule has 0 unspecified atom stereocenters. The highest BCUT2D eigenvalue weighted by Crippen LogP contribution is 2.27. The second-order valence-corrected chi connectivity index (χ2v) is 11.2. The topological polar surface area (TPSA) is 20.3 Å². The standard InChI is InChI=1S/C16H21NOSi/c1-13-10-16(18)17(15(13)12-19(2,3)4)11-14-8-6-5-7-9-14/h5-10,12H,11H2,1-4H3/b15-12-. The molecule has 0 N–H and O–H groups in total. The van der Waals surface area contributed by atoms with Crippen molar-refractivity contribution in [2.45, 2.75) is 33.1 Å². The number of benzene rings is 1. The van der Waals surface area contributed by atoms with E-state index in [1.807, 2.05) is 30.0 Å². The maximum atomic E-state index is 12.1. The Morgan fingerprint density at radius 3 is 2.37 bits per heavy atom. The molecule has 1 aliphatic heterocycles. The van der Waals surface area contributed by atoms with Gasteiger partial charge in [0, 0.05) is 11.8 Å². The van der Waals surface area contributed by atoms with Crippen molar-refractivity contribution in [1.29, 1.82) is 0 Å². The first-order chi connectivity index (χ1) is 8.87. The van der Waals surface area contributed by atoms with Crippen LogP contribution in [0.4, 0.5) is 0 Å². The molecule has 0 fully saturated rings. The summed E-state index contributed by atoms with van der Waals surface area (Å²) in [7, 11) is -1.35. The SMILES string of the molecule is CC1=CC(=O)N(Cc2ccccc2)/C1=C\[Si](C)(C)C. The van der Waals surface area contributed by atoms with E-state index in [1.165, 1.54) is 5.56 Å². The van der Waals surface area contributed by atoms with Gasteiger partial charge in [-0.3, -0.25) is 4.79 Å². The number of rotatable bonds is 3. The van der Waals surface area contributed by atoms with Crippen LogP contribution in [0, 0.1) is 0 Å². The minimum Gasteiger partial charge on any atom is -0.305 e. The van der Waals surface area contributed by atoms with Gasteiger partial charge in [0.2, 0.25) is 0 Å². The average Bonchev–Trinajstić information content (AvgIpc) is 2.56. The normalized spacial score (nSPS) is 18.1. The van der Waals surface area contributed by atoms with Gasteiger partial charge in [0.25, 0.3) is 5.91 Å². The lowest BCUT2D eigenvalue weighted by atomic mass is 10.2. The smallest absolute Gasteiger partial charge is 0.251 e. The summed E-state index contributed by atoms with van der Waals surface area (Å²) in [6.45, 7) is 9.54. The minimum absolute atomic E-state index is 0.103. The van der Waals surface area contributed by atoms with Gasteiger partial charge in [0.1, 0.15) is 0 Å². The fraction of sp³-hybridized carbons (Fsp3) is 0.312. The van der Waals surface area contributed by atoms with E-state index < -0.39 is 8.07 Å². The van der Waals surface area contributed by atoms with Gasteiger partial charge >= 0.3 is 0 Å². The molecular weight excluding hydrogens is 250 g/mol. The Morgan fingerprint density at radius 2 is 1.79 bits per heavy atom. The summed E-state index contributed by atoms with van der Waals surface area (Å²) < 4.78 is 0. The molecule has 19 heavy (non-hydrogen) atoms. The number of carbonyl (C=O) groups is 1. The Hall–Kier alpha value is -1.61. The van der Waals surface area contributed by atoms with Crippen molar-refractivity contribution in [2.24, 2.45) is 0 Å². The summed E-state index contributed by atoms with van der Waals surface area (Å²) in [4.78, 5) is 14.0. The van der Waals surface area contributed by atoms with Crippen molar-refractivity contribution < 1.29 is 4.79 Å². The van der Waals surface area contributed by atoms with Crippen LogP contribution in [0.3, 0.4) is 0 Å². The maximum absolute atomic E-state index is 12.1. The van der Waals surface area contributed by atoms with Crippen LogP contribution in [0.1, 0.15) is 12.5 Å². The molecule has 0 bridgehead atoms. The van der Waals surface area contributed by atoms with E-state index in [1.54, 1.807) is 6.08 Å².